The second kappa shape index (κ2) is 7.46. The van der Waals surface area contributed by atoms with Crippen LogP contribution in [0, 0.1) is 5.92 Å². The molecule has 2 bridgehead atoms. The number of benzene rings is 1. The summed E-state index contributed by atoms with van der Waals surface area (Å²) in [7, 11) is 0. The fourth-order valence-electron chi connectivity index (χ4n) is 4.99. The molecule has 1 aromatic rings. The average molecular weight is 341 g/mol. The van der Waals surface area contributed by atoms with Gasteiger partial charge in [0.25, 0.3) is 0 Å². The van der Waals surface area contributed by atoms with E-state index < -0.39 is 0 Å². The normalized spacial score (nSPS) is 29.9. The minimum Gasteiger partial charge on any atom is -0.354 e. The lowest BCUT2D eigenvalue weighted by molar-refractivity contribution is -0.126. The van der Waals surface area contributed by atoms with Crippen LogP contribution in [0.25, 0.3) is 0 Å². The number of carbonyl (C=O) groups excluding carboxylic acids is 1. The first-order chi connectivity index (χ1) is 12.2. The highest BCUT2D eigenvalue weighted by molar-refractivity contribution is 5.79. The van der Waals surface area contributed by atoms with Gasteiger partial charge in [-0.05, 0) is 49.7 Å². The quantitative estimate of drug-likeness (QED) is 0.865. The molecule has 2 fully saturated rings. The van der Waals surface area contributed by atoms with E-state index >= 15 is 0 Å². The van der Waals surface area contributed by atoms with Gasteiger partial charge in [0.05, 0.1) is 0 Å². The second-order valence-electron chi connectivity index (χ2n) is 8.10. The first kappa shape index (κ1) is 17.0. The zero-order chi connectivity index (χ0) is 17.2. The maximum atomic E-state index is 12.7. The van der Waals surface area contributed by atoms with Gasteiger partial charge in [0.15, 0.2) is 0 Å². The van der Waals surface area contributed by atoms with Crippen molar-refractivity contribution in [3.8, 4) is 0 Å². The Kier molecular flexibility index (Phi) is 5.09. The summed E-state index contributed by atoms with van der Waals surface area (Å²) in [6.07, 6.45) is 6.75. The first-order valence-corrected chi connectivity index (χ1v) is 10.1. The number of hydrogen-bond donors (Lipinski definition) is 2. The zero-order valence-corrected chi connectivity index (χ0v) is 15.3. The highest BCUT2D eigenvalue weighted by Crippen LogP contribution is 2.31. The predicted molar refractivity (Wildman–Crippen MR) is 100 cm³/mol. The highest BCUT2D eigenvalue weighted by atomic mass is 16.1. The summed E-state index contributed by atoms with van der Waals surface area (Å²) in [5.74, 6) is 0.507. The van der Waals surface area contributed by atoms with Crippen LogP contribution in [-0.4, -0.2) is 42.0 Å². The van der Waals surface area contributed by atoms with E-state index in [0.29, 0.717) is 18.1 Å². The summed E-state index contributed by atoms with van der Waals surface area (Å²) in [5.41, 5.74) is 2.94. The third-order valence-electron chi connectivity index (χ3n) is 6.50. The van der Waals surface area contributed by atoms with E-state index in [1.165, 1.54) is 24.0 Å². The van der Waals surface area contributed by atoms with Crippen molar-refractivity contribution in [3.63, 3.8) is 0 Å². The van der Waals surface area contributed by atoms with Gasteiger partial charge in [0, 0.05) is 43.7 Å². The smallest absolute Gasteiger partial charge is 0.223 e. The molecule has 0 radical (unpaired) electrons. The van der Waals surface area contributed by atoms with Gasteiger partial charge in [-0.2, -0.15) is 0 Å². The van der Waals surface area contributed by atoms with Gasteiger partial charge in [-0.3, -0.25) is 9.69 Å². The van der Waals surface area contributed by atoms with Crippen LogP contribution in [0.2, 0.25) is 0 Å². The van der Waals surface area contributed by atoms with Crippen molar-refractivity contribution < 1.29 is 4.79 Å². The second-order valence-corrected chi connectivity index (χ2v) is 8.10. The molecule has 0 spiro atoms. The third-order valence-corrected chi connectivity index (χ3v) is 6.50. The molecule has 2 unspecified atom stereocenters. The molecule has 4 atom stereocenters. The molecule has 2 N–H and O–H groups in total. The van der Waals surface area contributed by atoms with Crippen LogP contribution in [0.4, 0.5) is 0 Å². The number of rotatable bonds is 5. The molecule has 3 heterocycles. The van der Waals surface area contributed by atoms with E-state index in [1.54, 1.807) is 0 Å². The Hall–Kier alpha value is -1.39. The molecule has 3 aliphatic rings. The zero-order valence-electron chi connectivity index (χ0n) is 15.3. The monoisotopic (exact) mass is 341 g/mol. The molecule has 0 saturated carbocycles. The van der Waals surface area contributed by atoms with Crippen LogP contribution in [0.5, 0.6) is 0 Å². The standard InChI is InChI=1S/C21H31N3O/c1-2-20(24-10-9-15-5-3-4-6-16(15)14-24)13-22-21(25)17-11-18-7-8-19(12-17)23-18/h3-6,17-20,23H,2,7-14H2,1H3,(H,22,25)/t17?,18-,19+,20?. The molecule has 1 amide bonds. The van der Waals surface area contributed by atoms with E-state index in [0.717, 1.165) is 45.3 Å². The van der Waals surface area contributed by atoms with Gasteiger partial charge in [0.2, 0.25) is 5.91 Å². The van der Waals surface area contributed by atoms with Gasteiger partial charge in [-0.15, -0.1) is 0 Å². The Bertz CT molecular complexity index is 605. The summed E-state index contributed by atoms with van der Waals surface area (Å²) in [6.45, 7) is 5.14. The van der Waals surface area contributed by atoms with E-state index in [4.69, 9.17) is 0 Å². The van der Waals surface area contributed by atoms with Gasteiger partial charge < -0.3 is 10.6 Å². The summed E-state index contributed by atoms with van der Waals surface area (Å²) in [5, 5.41) is 6.91. The lowest BCUT2D eigenvalue weighted by atomic mass is 9.91. The molecular weight excluding hydrogens is 310 g/mol. The van der Waals surface area contributed by atoms with E-state index in [1.807, 2.05) is 0 Å². The number of nitrogens with zero attached hydrogens (tertiary/aromatic N) is 1. The maximum Gasteiger partial charge on any atom is 0.223 e. The van der Waals surface area contributed by atoms with Crippen molar-refractivity contribution in [3.05, 3.63) is 35.4 Å². The van der Waals surface area contributed by atoms with E-state index in [9.17, 15) is 4.79 Å². The van der Waals surface area contributed by atoms with Crippen LogP contribution >= 0.6 is 0 Å². The Morgan fingerprint density at radius 1 is 1.24 bits per heavy atom. The minimum atomic E-state index is 0.221. The van der Waals surface area contributed by atoms with Crippen molar-refractivity contribution in [1.82, 2.24) is 15.5 Å². The molecule has 4 nitrogen and oxygen atoms in total. The summed E-state index contributed by atoms with van der Waals surface area (Å²) in [4.78, 5) is 15.2. The number of piperidine rings is 1. The molecule has 0 aliphatic carbocycles. The van der Waals surface area contributed by atoms with Gasteiger partial charge in [0.1, 0.15) is 0 Å². The highest BCUT2D eigenvalue weighted by Gasteiger charge is 2.36. The molecule has 136 valence electrons. The topological polar surface area (TPSA) is 44.4 Å². The van der Waals surface area contributed by atoms with Crippen LogP contribution in [0.3, 0.4) is 0 Å². The van der Waals surface area contributed by atoms with Crippen LogP contribution < -0.4 is 10.6 Å². The van der Waals surface area contributed by atoms with Gasteiger partial charge in [-0.25, -0.2) is 0 Å². The van der Waals surface area contributed by atoms with Crippen molar-refractivity contribution in [2.24, 2.45) is 5.92 Å². The lowest BCUT2D eigenvalue weighted by Gasteiger charge is -2.36. The van der Waals surface area contributed by atoms with Gasteiger partial charge >= 0.3 is 0 Å². The van der Waals surface area contributed by atoms with E-state index in [-0.39, 0.29) is 11.8 Å². The predicted octanol–water partition coefficient (Wildman–Crippen LogP) is 2.47. The van der Waals surface area contributed by atoms with Crippen LogP contribution in [0.1, 0.15) is 50.2 Å². The molecule has 4 rings (SSSR count). The average Bonchev–Trinajstić information content (AvgIpc) is 2.99. The number of fused-ring (bicyclic) bond motifs is 3. The molecule has 2 saturated heterocycles. The van der Waals surface area contributed by atoms with Crippen molar-refractivity contribution in [1.29, 1.82) is 0 Å². The molecule has 3 aliphatic heterocycles. The SMILES string of the molecule is CCC(CNC(=O)C1C[C@H]2CC[C@@H](C1)N2)N1CCc2ccccc2C1. The first-order valence-electron chi connectivity index (χ1n) is 10.1. The van der Waals surface area contributed by atoms with Gasteiger partial charge in [-0.1, -0.05) is 31.2 Å². The molecule has 1 aromatic carbocycles. The van der Waals surface area contributed by atoms with E-state index in [2.05, 4.69) is 46.7 Å². The van der Waals surface area contributed by atoms with Crippen molar-refractivity contribution >= 4 is 5.91 Å². The Balaban J connectivity index is 1.31. The molecule has 4 heteroatoms. The third kappa shape index (κ3) is 3.75. The van der Waals surface area contributed by atoms with Crippen LogP contribution in [-0.2, 0) is 17.8 Å². The summed E-state index contributed by atoms with van der Waals surface area (Å²) < 4.78 is 0. The van der Waals surface area contributed by atoms with Crippen LogP contribution in [0.15, 0.2) is 24.3 Å². The largest absolute Gasteiger partial charge is 0.354 e. The molecule has 25 heavy (non-hydrogen) atoms. The maximum absolute atomic E-state index is 12.7. The molecule has 0 aromatic heterocycles. The number of amides is 1. The summed E-state index contributed by atoms with van der Waals surface area (Å²) in [6, 6.07) is 10.4. The Labute approximate surface area is 151 Å². The number of hydrogen-bond acceptors (Lipinski definition) is 3. The number of nitrogens with one attached hydrogen (secondary N) is 2. The Morgan fingerprint density at radius 2 is 1.96 bits per heavy atom. The molecular formula is C21H31N3O. The fourth-order valence-corrected chi connectivity index (χ4v) is 4.99. The lowest BCUT2D eigenvalue weighted by Crippen LogP contribution is -2.49. The van der Waals surface area contributed by atoms with Crippen molar-refractivity contribution in [2.45, 2.75) is 70.1 Å². The Morgan fingerprint density at radius 3 is 2.68 bits per heavy atom. The number of carbonyl (C=O) groups is 1. The summed E-state index contributed by atoms with van der Waals surface area (Å²) >= 11 is 0. The van der Waals surface area contributed by atoms with Crippen molar-refractivity contribution in [2.75, 3.05) is 13.1 Å². The minimum absolute atomic E-state index is 0.221. The fraction of sp³-hybridized carbons (Fsp3) is 0.667.